The molecule has 1 aromatic rings. The quantitative estimate of drug-likeness (QED) is 0.656. The molecule has 0 saturated carbocycles. The number of halogens is 1. The zero-order chi connectivity index (χ0) is 13.7. The molecule has 0 unspecified atom stereocenters. The lowest BCUT2D eigenvalue weighted by molar-refractivity contribution is -0.0971. The SMILES string of the molecule is CN=C(NCc1ccccc1Cl)NCC1(C)COC1. The molecule has 1 saturated heterocycles. The minimum atomic E-state index is 0.224. The van der Waals surface area contributed by atoms with Crippen molar-refractivity contribution in [1.82, 2.24) is 10.6 Å². The fourth-order valence-corrected chi connectivity index (χ4v) is 2.09. The van der Waals surface area contributed by atoms with Gasteiger partial charge in [-0.3, -0.25) is 4.99 Å². The number of nitrogens with one attached hydrogen (secondary N) is 2. The van der Waals surface area contributed by atoms with E-state index in [2.05, 4.69) is 22.5 Å². The molecule has 0 bridgehead atoms. The highest BCUT2D eigenvalue weighted by molar-refractivity contribution is 6.31. The van der Waals surface area contributed by atoms with Gasteiger partial charge >= 0.3 is 0 Å². The van der Waals surface area contributed by atoms with Crippen LogP contribution < -0.4 is 10.6 Å². The van der Waals surface area contributed by atoms with E-state index in [9.17, 15) is 0 Å². The maximum Gasteiger partial charge on any atom is 0.191 e. The van der Waals surface area contributed by atoms with Crippen LogP contribution >= 0.6 is 11.6 Å². The number of rotatable bonds is 4. The van der Waals surface area contributed by atoms with E-state index in [-0.39, 0.29) is 5.41 Å². The number of hydrogen-bond donors (Lipinski definition) is 2. The lowest BCUT2D eigenvalue weighted by Gasteiger charge is -2.38. The minimum Gasteiger partial charge on any atom is -0.380 e. The van der Waals surface area contributed by atoms with E-state index < -0.39 is 0 Å². The molecule has 1 heterocycles. The van der Waals surface area contributed by atoms with Gasteiger partial charge in [0.15, 0.2) is 5.96 Å². The molecule has 0 radical (unpaired) electrons. The largest absolute Gasteiger partial charge is 0.380 e. The van der Waals surface area contributed by atoms with Crippen LogP contribution in [-0.2, 0) is 11.3 Å². The van der Waals surface area contributed by atoms with Crippen molar-refractivity contribution in [2.24, 2.45) is 10.4 Å². The van der Waals surface area contributed by atoms with Crippen molar-refractivity contribution < 1.29 is 4.74 Å². The van der Waals surface area contributed by atoms with Crippen LogP contribution in [0.1, 0.15) is 12.5 Å². The van der Waals surface area contributed by atoms with Gasteiger partial charge in [0.2, 0.25) is 0 Å². The normalized spacial score (nSPS) is 17.7. The van der Waals surface area contributed by atoms with Crippen LogP contribution in [0.5, 0.6) is 0 Å². The standard InChI is InChI=1S/C14H20ClN3O/c1-14(9-19-10-14)8-18-13(16-2)17-7-11-5-3-4-6-12(11)15/h3-6H,7-10H2,1-2H3,(H2,16,17,18). The van der Waals surface area contributed by atoms with E-state index in [1.807, 2.05) is 24.3 Å². The number of guanidine groups is 1. The average Bonchev–Trinajstić information content (AvgIpc) is 2.38. The molecule has 19 heavy (non-hydrogen) atoms. The summed E-state index contributed by atoms with van der Waals surface area (Å²) in [5, 5.41) is 7.35. The number of ether oxygens (including phenoxy) is 1. The second kappa shape index (κ2) is 6.26. The molecule has 1 fully saturated rings. The predicted octanol–water partition coefficient (Wildman–Crippen LogP) is 2.04. The Labute approximate surface area is 119 Å². The van der Waals surface area contributed by atoms with Crippen LogP contribution in [0.3, 0.4) is 0 Å². The Balaban J connectivity index is 1.81. The van der Waals surface area contributed by atoms with Crippen molar-refractivity contribution in [3.63, 3.8) is 0 Å². The average molecular weight is 282 g/mol. The Hall–Kier alpha value is -1.26. The molecule has 0 amide bonds. The summed E-state index contributed by atoms with van der Waals surface area (Å²) in [6.45, 7) is 5.33. The van der Waals surface area contributed by atoms with Crippen LogP contribution in [0, 0.1) is 5.41 Å². The van der Waals surface area contributed by atoms with E-state index in [1.54, 1.807) is 7.05 Å². The van der Waals surface area contributed by atoms with Crippen molar-refractivity contribution in [1.29, 1.82) is 0 Å². The van der Waals surface area contributed by atoms with Gasteiger partial charge in [-0.2, -0.15) is 0 Å². The molecular formula is C14H20ClN3O. The van der Waals surface area contributed by atoms with Gasteiger partial charge in [0.1, 0.15) is 0 Å². The van der Waals surface area contributed by atoms with Gasteiger partial charge in [-0.25, -0.2) is 0 Å². The van der Waals surface area contributed by atoms with Gasteiger partial charge in [0.25, 0.3) is 0 Å². The lowest BCUT2D eigenvalue weighted by atomic mass is 9.89. The third kappa shape index (κ3) is 3.85. The van der Waals surface area contributed by atoms with Gasteiger partial charge in [-0.05, 0) is 11.6 Å². The van der Waals surface area contributed by atoms with Crippen LogP contribution in [-0.4, -0.2) is 32.8 Å². The van der Waals surface area contributed by atoms with Crippen molar-refractivity contribution in [2.75, 3.05) is 26.8 Å². The molecule has 5 heteroatoms. The fraction of sp³-hybridized carbons (Fsp3) is 0.500. The molecule has 2 rings (SSSR count). The molecule has 104 valence electrons. The Morgan fingerprint density at radius 3 is 2.68 bits per heavy atom. The summed E-state index contributed by atoms with van der Waals surface area (Å²) < 4.78 is 5.23. The summed E-state index contributed by atoms with van der Waals surface area (Å²) in [5.74, 6) is 0.785. The molecule has 1 aromatic carbocycles. The first-order valence-electron chi connectivity index (χ1n) is 6.39. The first-order valence-corrected chi connectivity index (χ1v) is 6.76. The van der Waals surface area contributed by atoms with E-state index in [0.29, 0.717) is 6.54 Å². The summed E-state index contributed by atoms with van der Waals surface area (Å²) in [4.78, 5) is 4.20. The smallest absolute Gasteiger partial charge is 0.191 e. The van der Waals surface area contributed by atoms with Crippen molar-refractivity contribution in [3.8, 4) is 0 Å². The Morgan fingerprint density at radius 1 is 1.37 bits per heavy atom. The summed E-state index contributed by atoms with van der Waals surface area (Å²) in [7, 11) is 1.77. The topological polar surface area (TPSA) is 45.7 Å². The van der Waals surface area contributed by atoms with E-state index in [0.717, 1.165) is 36.3 Å². The van der Waals surface area contributed by atoms with Crippen molar-refractivity contribution in [2.45, 2.75) is 13.5 Å². The van der Waals surface area contributed by atoms with Gasteiger partial charge < -0.3 is 15.4 Å². The zero-order valence-electron chi connectivity index (χ0n) is 11.4. The van der Waals surface area contributed by atoms with Crippen molar-refractivity contribution >= 4 is 17.6 Å². The van der Waals surface area contributed by atoms with Gasteiger partial charge in [-0.15, -0.1) is 0 Å². The third-order valence-corrected chi connectivity index (χ3v) is 3.58. The summed E-state index contributed by atoms with van der Waals surface area (Å²) in [5.41, 5.74) is 1.28. The maximum atomic E-state index is 6.12. The Kier molecular flexibility index (Phi) is 4.66. The third-order valence-electron chi connectivity index (χ3n) is 3.21. The molecule has 0 aromatic heterocycles. The summed E-state index contributed by atoms with van der Waals surface area (Å²) in [6.07, 6.45) is 0. The highest BCUT2D eigenvalue weighted by Crippen LogP contribution is 2.24. The monoisotopic (exact) mass is 281 g/mol. The number of nitrogens with zero attached hydrogens (tertiary/aromatic N) is 1. The second-order valence-corrected chi connectivity index (χ2v) is 5.58. The lowest BCUT2D eigenvalue weighted by Crippen LogP contribution is -2.50. The molecule has 0 atom stereocenters. The van der Waals surface area contributed by atoms with E-state index >= 15 is 0 Å². The molecular weight excluding hydrogens is 262 g/mol. The van der Waals surface area contributed by atoms with Crippen LogP contribution in [0.15, 0.2) is 29.3 Å². The Bertz CT molecular complexity index is 458. The molecule has 0 spiro atoms. The van der Waals surface area contributed by atoms with Crippen LogP contribution in [0.4, 0.5) is 0 Å². The van der Waals surface area contributed by atoms with Gasteiger partial charge in [-0.1, -0.05) is 36.7 Å². The fourth-order valence-electron chi connectivity index (χ4n) is 1.89. The highest BCUT2D eigenvalue weighted by Gasteiger charge is 2.33. The number of benzene rings is 1. The van der Waals surface area contributed by atoms with E-state index in [1.165, 1.54) is 0 Å². The number of hydrogen-bond acceptors (Lipinski definition) is 2. The van der Waals surface area contributed by atoms with Crippen LogP contribution in [0.25, 0.3) is 0 Å². The summed E-state index contributed by atoms with van der Waals surface area (Å²) in [6, 6.07) is 7.80. The number of aliphatic imine (C=N–C) groups is 1. The van der Waals surface area contributed by atoms with E-state index in [4.69, 9.17) is 16.3 Å². The first kappa shape index (κ1) is 14.2. The van der Waals surface area contributed by atoms with Gasteiger partial charge in [0.05, 0.1) is 13.2 Å². The molecule has 1 aliphatic heterocycles. The predicted molar refractivity (Wildman–Crippen MR) is 78.6 cm³/mol. The molecule has 1 aliphatic rings. The molecule has 0 aliphatic carbocycles. The van der Waals surface area contributed by atoms with Crippen LogP contribution in [0.2, 0.25) is 5.02 Å². The molecule has 4 nitrogen and oxygen atoms in total. The minimum absolute atomic E-state index is 0.224. The second-order valence-electron chi connectivity index (χ2n) is 5.17. The maximum absolute atomic E-state index is 6.12. The van der Waals surface area contributed by atoms with Gasteiger partial charge in [0, 0.05) is 30.6 Å². The summed E-state index contributed by atoms with van der Waals surface area (Å²) >= 11 is 6.12. The van der Waals surface area contributed by atoms with Crippen molar-refractivity contribution in [3.05, 3.63) is 34.9 Å². The zero-order valence-corrected chi connectivity index (χ0v) is 12.1. The first-order chi connectivity index (χ1) is 9.13. The molecule has 2 N–H and O–H groups in total. The highest BCUT2D eigenvalue weighted by atomic mass is 35.5. The Morgan fingerprint density at radius 2 is 2.11 bits per heavy atom.